The zero-order valence-corrected chi connectivity index (χ0v) is 6.89. The first-order chi connectivity index (χ1) is 5.38. The fourth-order valence-corrected chi connectivity index (χ4v) is 0.997. The summed E-state index contributed by atoms with van der Waals surface area (Å²) >= 11 is 0. The Hall–Kier alpha value is -1.09. The highest BCUT2D eigenvalue weighted by Gasteiger charge is 1.97. The summed E-state index contributed by atoms with van der Waals surface area (Å²) in [5, 5.41) is 6.11. The van der Waals surface area contributed by atoms with Crippen molar-refractivity contribution in [1.29, 1.82) is 0 Å². The number of pyridine rings is 1. The van der Waals surface area contributed by atoms with Crippen LogP contribution in [0.1, 0.15) is 5.56 Å². The summed E-state index contributed by atoms with van der Waals surface area (Å²) < 4.78 is 0. The molecule has 0 aliphatic carbocycles. The Morgan fingerprint density at radius 3 is 2.91 bits per heavy atom. The molecule has 0 saturated heterocycles. The normalized spacial score (nSPS) is 9.64. The van der Waals surface area contributed by atoms with Crippen LogP contribution in [0.3, 0.4) is 0 Å². The number of hydrogen-bond donors (Lipinski definition) is 2. The minimum absolute atomic E-state index is 0.851. The quantitative estimate of drug-likeness (QED) is 0.672. The Labute approximate surface area is 66.8 Å². The number of rotatable bonds is 3. The van der Waals surface area contributed by atoms with E-state index >= 15 is 0 Å². The van der Waals surface area contributed by atoms with Gasteiger partial charge in [-0.25, -0.2) is 4.98 Å². The summed E-state index contributed by atoms with van der Waals surface area (Å²) in [7, 11) is 3.80. The lowest BCUT2D eigenvalue weighted by molar-refractivity contribution is 0.815. The molecule has 0 aliphatic rings. The van der Waals surface area contributed by atoms with Crippen molar-refractivity contribution in [2.24, 2.45) is 0 Å². The van der Waals surface area contributed by atoms with E-state index in [2.05, 4.69) is 21.7 Å². The standard InChI is InChI=1S/C8H13N3/c1-9-6-7-4-3-5-11-8(7)10-2/h3-5,9H,6H2,1-2H3,(H,10,11). The summed E-state index contributed by atoms with van der Waals surface area (Å²) in [5.41, 5.74) is 1.19. The zero-order chi connectivity index (χ0) is 8.10. The molecule has 0 atom stereocenters. The van der Waals surface area contributed by atoms with Crippen LogP contribution in [0.25, 0.3) is 0 Å². The maximum Gasteiger partial charge on any atom is 0.130 e. The van der Waals surface area contributed by atoms with Crippen molar-refractivity contribution in [3.8, 4) is 0 Å². The Kier molecular flexibility index (Phi) is 2.86. The summed E-state index contributed by atoms with van der Waals surface area (Å²) in [6.45, 7) is 0.851. The fraction of sp³-hybridized carbons (Fsp3) is 0.375. The lowest BCUT2D eigenvalue weighted by Gasteiger charge is -2.05. The van der Waals surface area contributed by atoms with E-state index in [0.29, 0.717) is 0 Å². The highest BCUT2D eigenvalue weighted by Crippen LogP contribution is 2.08. The predicted molar refractivity (Wildman–Crippen MR) is 46.5 cm³/mol. The van der Waals surface area contributed by atoms with Crippen molar-refractivity contribution in [2.75, 3.05) is 19.4 Å². The Bertz CT molecular complexity index is 222. The lowest BCUT2D eigenvalue weighted by Crippen LogP contribution is -2.08. The van der Waals surface area contributed by atoms with Crippen molar-refractivity contribution < 1.29 is 0 Å². The Balaban J connectivity index is 2.83. The predicted octanol–water partition coefficient (Wildman–Crippen LogP) is 0.843. The molecule has 0 radical (unpaired) electrons. The molecule has 2 N–H and O–H groups in total. The first-order valence-electron chi connectivity index (χ1n) is 3.64. The van der Waals surface area contributed by atoms with Gasteiger partial charge in [0.1, 0.15) is 5.82 Å². The molecule has 1 rings (SSSR count). The van der Waals surface area contributed by atoms with Gasteiger partial charge in [-0.15, -0.1) is 0 Å². The average Bonchev–Trinajstić information content (AvgIpc) is 2.06. The minimum Gasteiger partial charge on any atom is -0.373 e. The lowest BCUT2D eigenvalue weighted by atomic mass is 10.2. The van der Waals surface area contributed by atoms with Gasteiger partial charge in [0, 0.05) is 25.4 Å². The van der Waals surface area contributed by atoms with Crippen LogP contribution >= 0.6 is 0 Å². The number of aromatic nitrogens is 1. The molecule has 0 amide bonds. The van der Waals surface area contributed by atoms with Crippen LogP contribution in [0.2, 0.25) is 0 Å². The summed E-state index contributed by atoms with van der Waals surface area (Å²) in [6.07, 6.45) is 1.78. The molecule has 1 heterocycles. The Morgan fingerprint density at radius 1 is 1.45 bits per heavy atom. The van der Waals surface area contributed by atoms with Crippen molar-refractivity contribution in [1.82, 2.24) is 10.3 Å². The van der Waals surface area contributed by atoms with Crippen molar-refractivity contribution in [2.45, 2.75) is 6.54 Å². The second-order valence-electron chi connectivity index (χ2n) is 2.29. The molecule has 1 aromatic heterocycles. The van der Waals surface area contributed by atoms with Gasteiger partial charge in [0.15, 0.2) is 0 Å². The molecule has 0 spiro atoms. The van der Waals surface area contributed by atoms with Gasteiger partial charge in [0.25, 0.3) is 0 Å². The first-order valence-corrected chi connectivity index (χ1v) is 3.64. The van der Waals surface area contributed by atoms with E-state index in [-0.39, 0.29) is 0 Å². The summed E-state index contributed by atoms with van der Waals surface area (Å²) in [6, 6.07) is 3.99. The third kappa shape index (κ3) is 1.91. The molecule has 0 aromatic carbocycles. The third-order valence-electron chi connectivity index (χ3n) is 1.50. The van der Waals surface area contributed by atoms with Crippen LogP contribution in [0.15, 0.2) is 18.3 Å². The van der Waals surface area contributed by atoms with E-state index in [1.807, 2.05) is 20.2 Å². The van der Waals surface area contributed by atoms with E-state index < -0.39 is 0 Å². The largest absolute Gasteiger partial charge is 0.373 e. The molecule has 11 heavy (non-hydrogen) atoms. The Morgan fingerprint density at radius 2 is 2.27 bits per heavy atom. The van der Waals surface area contributed by atoms with Crippen molar-refractivity contribution in [3.05, 3.63) is 23.9 Å². The van der Waals surface area contributed by atoms with E-state index in [1.54, 1.807) is 6.20 Å². The van der Waals surface area contributed by atoms with E-state index in [9.17, 15) is 0 Å². The van der Waals surface area contributed by atoms with Crippen LogP contribution in [-0.4, -0.2) is 19.1 Å². The molecule has 0 aliphatic heterocycles. The molecule has 3 nitrogen and oxygen atoms in total. The molecule has 0 unspecified atom stereocenters. The second kappa shape index (κ2) is 3.93. The van der Waals surface area contributed by atoms with Gasteiger partial charge in [-0.1, -0.05) is 6.07 Å². The smallest absolute Gasteiger partial charge is 0.130 e. The van der Waals surface area contributed by atoms with Gasteiger partial charge in [-0.2, -0.15) is 0 Å². The van der Waals surface area contributed by atoms with E-state index in [4.69, 9.17) is 0 Å². The van der Waals surface area contributed by atoms with Crippen LogP contribution < -0.4 is 10.6 Å². The van der Waals surface area contributed by atoms with Gasteiger partial charge in [-0.3, -0.25) is 0 Å². The van der Waals surface area contributed by atoms with E-state index in [0.717, 1.165) is 12.4 Å². The van der Waals surface area contributed by atoms with Crippen LogP contribution in [0, 0.1) is 0 Å². The summed E-state index contributed by atoms with van der Waals surface area (Å²) in [4.78, 5) is 4.16. The third-order valence-corrected chi connectivity index (χ3v) is 1.50. The number of nitrogens with zero attached hydrogens (tertiary/aromatic N) is 1. The fourth-order valence-electron chi connectivity index (χ4n) is 0.997. The van der Waals surface area contributed by atoms with Crippen LogP contribution in [0.5, 0.6) is 0 Å². The molecule has 1 aromatic rings. The van der Waals surface area contributed by atoms with Crippen molar-refractivity contribution >= 4 is 5.82 Å². The minimum atomic E-state index is 0.851. The van der Waals surface area contributed by atoms with Crippen LogP contribution in [-0.2, 0) is 6.54 Å². The van der Waals surface area contributed by atoms with Gasteiger partial charge in [-0.05, 0) is 13.1 Å². The highest BCUT2D eigenvalue weighted by molar-refractivity contribution is 5.42. The van der Waals surface area contributed by atoms with Crippen molar-refractivity contribution in [3.63, 3.8) is 0 Å². The molecular weight excluding hydrogens is 138 g/mol. The number of nitrogens with one attached hydrogen (secondary N) is 2. The van der Waals surface area contributed by atoms with Gasteiger partial charge in [0.2, 0.25) is 0 Å². The number of anilines is 1. The molecule has 0 bridgehead atoms. The zero-order valence-electron chi connectivity index (χ0n) is 6.89. The molecular formula is C8H13N3. The number of hydrogen-bond acceptors (Lipinski definition) is 3. The molecule has 60 valence electrons. The maximum absolute atomic E-state index is 4.16. The topological polar surface area (TPSA) is 37.0 Å². The van der Waals surface area contributed by atoms with Gasteiger partial charge in [0.05, 0.1) is 0 Å². The van der Waals surface area contributed by atoms with Gasteiger partial charge >= 0.3 is 0 Å². The second-order valence-corrected chi connectivity index (χ2v) is 2.29. The first kappa shape index (κ1) is 8.01. The maximum atomic E-state index is 4.16. The molecule has 0 fully saturated rings. The van der Waals surface area contributed by atoms with Gasteiger partial charge < -0.3 is 10.6 Å². The van der Waals surface area contributed by atoms with Crippen LogP contribution in [0.4, 0.5) is 5.82 Å². The molecule has 3 heteroatoms. The summed E-state index contributed by atoms with van der Waals surface area (Å²) in [5.74, 6) is 0.946. The molecule has 0 saturated carbocycles. The SMILES string of the molecule is CNCc1cccnc1NC. The monoisotopic (exact) mass is 151 g/mol. The average molecular weight is 151 g/mol. The highest BCUT2D eigenvalue weighted by atomic mass is 15.0. The van der Waals surface area contributed by atoms with E-state index in [1.165, 1.54) is 5.56 Å².